The Kier molecular flexibility index (Phi) is 7.94. The first-order chi connectivity index (χ1) is 17.3. The Hall–Kier alpha value is -3.39. The molecular formula is C23H22FN3O7S2. The Labute approximate surface area is 210 Å². The first kappa shape index (κ1) is 25.7. The highest BCUT2D eigenvalue weighted by Crippen LogP contribution is 2.26. The summed E-state index contributed by atoms with van der Waals surface area (Å²) in [5, 5.41) is 4.61. The van der Waals surface area contributed by atoms with Gasteiger partial charge in [0.2, 0.25) is 10.0 Å². The van der Waals surface area contributed by atoms with Gasteiger partial charge in [-0.05, 0) is 42.5 Å². The number of hydrogen-bond donors (Lipinski definition) is 1. The van der Waals surface area contributed by atoms with Crippen LogP contribution in [0, 0.1) is 5.82 Å². The number of carbonyl (C=O) groups excluding carboxylic acids is 2. The summed E-state index contributed by atoms with van der Waals surface area (Å²) in [7, 11) is -2.60. The zero-order valence-electron chi connectivity index (χ0n) is 19.1. The van der Waals surface area contributed by atoms with E-state index in [0.717, 1.165) is 28.1 Å². The van der Waals surface area contributed by atoms with Gasteiger partial charge in [-0.2, -0.15) is 4.31 Å². The third-order valence-electron chi connectivity index (χ3n) is 5.23. The molecule has 0 radical (unpaired) electrons. The molecule has 0 atom stereocenters. The van der Waals surface area contributed by atoms with E-state index in [9.17, 15) is 22.4 Å². The second-order valence-corrected chi connectivity index (χ2v) is 10.3. The van der Waals surface area contributed by atoms with Crippen molar-refractivity contribution in [2.45, 2.75) is 4.90 Å². The lowest BCUT2D eigenvalue weighted by Crippen LogP contribution is -2.41. The monoisotopic (exact) mass is 535 g/mol. The van der Waals surface area contributed by atoms with Gasteiger partial charge in [-0.3, -0.25) is 10.1 Å². The number of halogens is 1. The molecular weight excluding hydrogens is 513 g/mol. The van der Waals surface area contributed by atoms with Crippen molar-refractivity contribution >= 4 is 38.4 Å². The second kappa shape index (κ2) is 11.1. The number of morpholine rings is 1. The fraction of sp³-hybridized carbons (Fsp3) is 0.261. The number of methoxy groups -OCH3 is 1. The number of anilines is 1. The quantitative estimate of drug-likeness (QED) is 0.437. The van der Waals surface area contributed by atoms with E-state index in [-0.39, 0.29) is 31.9 Å². The number of benzene rings is 2. The van der Waals surface area contributed by atoms with E-state index in [1.807, 2.05) is 12.1 Å². The van der Waals surface area contributed by atoms with Crippen molar-refractivity contribution in [1.82, 2.24) is 9.29 Å². The van der Waals surface area contributed by atoms with Gasteiger partial charge >= 0.3 is 5.97 Å². The van der Waals surface area contributed by atoms with Crippen LogP contribution in [0.25, 0.3) is 11.3 Å². The van der Waals surface area contributed by atoms with Crippen molar-refractivity contribution in [2.24, 2.45) is 0 Å². The van der Waals surface area contributed by atoms with Crippen LogP contribution in [0.1, 0.15) is 10.4 Å². The summed E-state index contributed by atoms with van der Waals surface area (Å²) in [6.07, 6.45) is 0. The third-order valence-corrected chi connectivity index (χ3v) is 7.90. The largest absolute Gasteiger partial charge is 0.497 e. The molecule has 2 heterocycles. The van der Waals surface area contributed by atoms with Gasteiger partial charge in [0.1, 0.15) is 16.5 Å². The number of hydrogen-bond acceptors (Lipinski definition) is 9. The number of aromatic nitrogens is 1. The first-order valence-electron chi connectivity index (χ1n) is 10.7. The van der Waals surface area contributed by atoms with Crippen LogP contribution >= 0.6 is 11.3 Å². The minimum absolute atomic E-state index is 0.0769. The van der Waals surface area contributed by atoms with Gasteiger partial charge in [-0.25, -0.2) is 22.6 Å². The highest BCUT2D eigenvalue weighted by molar-refractivity contribution is 7.89. The number of sulfonamides is 1. The number of nitrogens with zero attached hydrogens (tertiary/aromatic N) is 2. The molecule has 1 amide bonds. The summed E-state index contributed by atoms with van der Waals surface area (Å²) in [6, 6.07) is 10.1. The Morgan fingerprint density at radius 2 is 1.89 bits per heavy atom. The molecule has 1 aliphatic rings. The molecule has 1 aliphatic heterocycles. The Bertz CT molecular complexity index is 1350. The van der Waals surface area contributed by atoms with Crippen LogP contribution in [0.4, 0.5) is 9.52 Å². The Balaban J connectivity index is 1.36. The van der Waals surface area contributed by atoms with Gasteiger partial charge in [0.15, 0.2) is 11.7 Å². The molecule has 3 aromatic rings. The summed E-state index contributed by atoms with van der Waals surface area (Å²) in [5.41, 5.74) is 1.28. The Morgan fingerprint density at radius 1 is 1.17 bits per heavy atom. The fourth-order valence-electron chi connectivity index (χ4n) is 3.35. The standard InChI is InChI=1S/C23H22FN3O7S2/c1-32-17-5-2-15(3-6-17)19-14-35-23(25-19)26-21(28)13-34-22(29)16-4-7-18(24)20(12-16)36(30,31)27-8-10-33-11-9-27/h2-7,12,14H,8-11,13H2,1H3,(H,25,26,28). The lowest BCUT2D eigenvalue weighted by atomic mass is 10.2. The van der Waals surface area contributed by atoms with Crippen LogP contribution < -0.4 is 10.1 Å². The van der Waals surface area contributed by atoms with E-state index in [0.29, 0.717) is 16.6 Å². The van der Waals surface area contributed by atoms with E-state index >= 15 is 0 Å². The van der Waals surface area contributed by atoms with Crippen LogP contribution in [0.15, 0.2) is 52.7 Å². The van der Waals surface area contributed by atoms with Crippen molar-refractivity contribution in [3.63, 3.8) is 0 Å². The molecule has 1 saturated heterocycles. The SMILES string of the molecule is COc1ccc(-c2csc(NC(=O)COC(=O)c3ccc(F)c(S(=O)(=O)N4CCOCC4)c3)n2)cc1. The molecule has 1 aromatic heterocycles. The zero-order chi connectivity index (χ0) is 25.7. The van der Waals surface area contributed by atoms with Crippen molar-refractivity contribution in [2.75, 3.05) is 45.3 Å². The van der Waals surface area contributed by atoms with Crippen LogP contribution in [-0.2, 0) is 24.3 Å². The number of thiazole rings is 1. The zero-order valence-corrected chi connectivity index (χ0v) is 20.7. The predicted molar refractivity (Wildman–Crippen MR) is 129 cm³/mol. The lowest BCUT2D eigenvalue weighted by Gasteiger charge is -2.26. The van der Waals surface area contributed by atoms with Gasteiger partial charge in [0, 0.05) is 24.0 Å². The first-order valence-corrected chi connectivity index (χ1v) is 13.0. The highest BCUT2D eigenvalue weighted by Gasteiger charge is 2.30. The van der Waals surface area contributed by atoms with Crippen LogP contribution in [-0.4, -0.2) is 69.6 Å². The molecule has 0 bridgehead atoms. The van der Waals surface area contributed by atoms with E-state index in [2.05, 4.69) is 10.3 Å². The van der Waals surface area contributed by atoms with E-state index in [1.54, 1.807) is 24.6 Å². The smallest absolute Gasteiger partial charge is 0.338 e. The molecule has 13 heteroatoms. The van der Waals surface area contributed by atoms with Gasteiger partial charge in [-0.1, -0.05) is 0 Å². The fourth-order valence-corrected chi connectivity index (χ4v) is 5.58. The molecule has 36 heavy (non-hydrogen) atoms. The molecule has 4 rings (SSSR count). The van der Waals surface area contributed by atoms with Crippen molar-refractivity contribution in [1.29, 1.82) is 0 Å². The van der Waals surface area contributed by atoms with Crippen molar-refractivity contribution < 1.29 is 36.6 Å². The van der Waals surface area contributed by atoms with Crippen molar-refractivity contribution in [3.05, 3.63) is 59.2 Å². The maximum atomic E-state index is 14.3. The number of carbonyl (C=O) groups is 2. The number of rotatable bonds is 8. The number of amides is 1. The molecule has 2 aromatic carbocycles. The van der Waals surface area contributed by atoms with Gasteiger partial charge < -0.3 is 14.2 Å². The summed E-state index contributed by atoms with van der Waals surface area (Å²) in [5.74, 6) is -1.90. The number of esters is 1. The average Bonchev–Trinajstić information content (AvgIpc) is 3.36. The van der Waals surface area contributed by atoms with Crippen LogP contribution in [0.5, 0.6) is 5.75 Å². The third kappa shape index (κ3) is 5.87. The average molecular weight is 536 g/mol. The topological polar surface area (TPSA) is 124 Å². The second-order valence-electron chi connectivity index (χ2n) is 7.55. The molecule has 0 aliphatic carbocycles. The van der Waals surface area contributed by atoms with Gasteiger partial charge in [0.05, 0.1) is 31.6 Å². The summed E-state index contributed by atoms with van der Waals surface area (Å²) >= 11 is 1.20. The molecule has 1 N–H and O–H groups in total. The maximum absolute atomic E-state index is 14.3. The molecule has 1 fully saturated rings. The van der Waals surface area contributed by atoms with E-state index < -0.39 is 39.2 Å². The van der Waals surface area contributed by atoms with Crippen LogP contribution in [0.3, 0.4) is 0 Å². The molecule has 0 spiro atoms. The predicted octanol–water partition coefficient (Wildman–Crippen LogP) is 2.77. The normalized spacial score (nSPS) is 14.3. The Morgan fingerprint density at radius 3 is 2.58 bits per heavy atom. The minimum Gasteiger partial charge on any atom is -0.497 e. The minimum atomic E-state index is -4.17. The van der Waals surface area contributed by atoms with E-state index in [4.69, 9.17) is 14.2 Å². The summed E-state index contributed by atoms with van der Waals surface area (Å²) in [6.45, 7) is -0.100. The summed E-state index contributed by atoms with van der Waals surface area (Å²) in [4.78, 5) is 28.4. The molecule has 10 nitrogen and oxygen atoms in total. The van der Waals surface area contributed by atoms with Crippen molar-refractivity contribution in [3.8, 4) is 17.0 Å². The van der Waals surface area contributed by atoms with Crippen LogP contribution in [0.2, 0.25) is 0 Å². The molecule has 0 unspecified atom stereocenters. The van der Waals surface area contributed by atoms with Gasteiger partial charge in [-0.15, -0.1) is 11.3 Å². The molecule has 190 valence electrons. The summed E-state index contributed by atoms with van der Waals surface area (Å²) < 4.78 is 56.3. The van der Waals surface area contributed by atoms with Gasteiger partial charge in [0.25, 0.3) is 5.91 Å². The number of nitrogens with one attached hydrogen (secondary N) is 1. The van der Waals surface area contributed by atoms with E-state index in [1.165, 1.54) is 11.3 Å². The lowest BCUT2D eigenvalue weighted by molar-refractivity contribution is -0.119. The highest BCUT2D eigenvalue weighted by atomic mass is 32.2. The number of ether oxygens (including phenoxy) is 3. The molecule has 0 saturated carbocycles. The maximum Gasteiger partial charge on any atom is 0.338 e.